The van der Waals surface area contributed by atoms with Gasteiger partial charge in [0.25, 0.3) is 0 Å². The summed E-state index contributed by atoms with van der Waals surface area (Å²) in [6.45, 7) is -0.0533. The second-order valence-corrected chi connectivity index (χ2v) is 11.7. The molecule has 0 saturated carbocycles. The van der Waals surface area contributed by atoms with Crippen LogP contribution in [-0.4, -0.2) is 52.1 Å². The maximum absolute atomic E-state index is 14.5. The number of anilines is 1. The van der Waals surface area contributed by atoms with Crippen molar-refractivity contribution in [1.29, 1.82) is 0 Å². The molecular formula is C35H33N3O5. The van der Waals surface area contributed by atoms with Gasteiger partial charge in [-0.2, -0.15) is 0 Å². The van der Waals surface area contributed by atoms with E-state index >= 15 is 0 Å². The Bertz CT molecular complexity index is 1680. The van der Waals surface area contributed by atoms with Crippen molar-refractivity contribution in [3.05, 3.63) is 114 Å². The van der Waals surface area contributed by atoms with Crippen molar-refractivity contribution in [2.24, 2.45) is 11.8 Å². The number of amides is 3. The van der Waals surface area contributed by atoms with E-state index in [0.29, 0.717) is 30.6 Å². The molecule has 4 aromatic rings. The predicted octanol–water partition coefficient (Wildman–Crippen LogP) is 4.20. The maximum Gasteiger partial charge on any atom is 0.250 e. The number of carbonyl (C=O) groups is 3. The third-order valence-corrected chi connectivity index (χ3v) is 9.31. The van der Waals surface area contributed by atoms with Gasteiger partial charge >= 0.3 is 0 Å². The highest BCUT2D eigenvalue weighted by Crippen LogP contribution is 2.59. The molecule has 0 radical (unpaired) electrons. The number of carbonyl (C=O) groups excluding carboxylic acids is 3. The first-order chi connectivity index (χ1) is 21.0. The summed E-state index contributed by atoms with van der Waals surface area (Å²) < 4.78 is 6.58. The number of hydrogen-bond acceptors (Lipinski definition) is 5. The summed E-state index contributed by atoms with van der Waals surface area (Å²) in [5.41, 5.74) is 1.07. The van der Waals surface area contributed by atoms with Crippen molar-refractivity contribution in [3.63, 3.8) is 0 Å². The van der Waals surface area contributed by atoms with Crippen molar-refractivity contribution in [3.8, 4) is 0 Å². The summed E-state index contributed by atoms with van der Waals surface area (Å²) >= 11 is 0. The van der Waals surface area contributed by atoms with Gasteiger partial charge in [0.1, 0.15) is 11.6 Å². The van der Waals surface area contributed by atoms with Gasteiger partial charge in [0.2, 0.25) is 17.7 Å². The SMILES string of the molecule is O=C(Nc1ccc2ccccc2c1)C1N([C@H](CO)c2ccccc2)C(=O)[C@@H]2[C@H](C(=O)NCc3ccccc3)[C@@H]3CCC12O3. The number of aliphatic hydroxyl groups is 1. The Morgan fingerprint density at radius 2 is 1.60 bits per heavy atom. The average molecular weight is 576 g/mol. The van der Waals surface area contributed by atoms with Crippen molar-refractivity contribution in [2.75, 3.05) is 11.9 Å². The molecule has 8 nitrogen and oxygen atoms in total. The van der Waals surface area contributed by atoms with Crippen LogP contribution in [0, 0.1) is 11.8 Å². The monoisotopic (exact) mass is 575 g/mol. The molecule has 2 bridgehead atoms. The molecule has 218 valence electrons. The van der Waals surface area contributed by atoms with Crippen molar-refractivity contribution < 1.29 is 24.2 Å². The van der Waals surface area contributed by atoms with Crippen LogP contribution in [0.3, 0.4) is 0 Å². The number of aliphatic hydroxyl groups excluding tert-OH is 1. The number of fused-ring (bicyclic) bond motifs is 2. The van der Waals surface area contributed by atoms with Crippen molar-refractivity contribution >= 4 is 34.2 Å². The Morgan fingerprint density at radius 1 is 0.907 bits per heavy atom. The topological polar surface area (TPSA) is 108 Å². The molecule has 1 spiro atoms. The van der Waals surface area contributed by atoms with Crippen LogP contribution in [0.1, 0.15) is 30.0 Å². The number of nitrogens with one attached hydrogen (secondary N) is 2. The number of nitrogens with zero attached hydrogens (tertiary/aromatic N) is 1. The van der Waals surface area contributed by atoms with Gasteiger partial charge in [-0.25, -0.2) is 0 Å². The van der Waals surface area contributed by atoms with Crippen LogP contribution >= 0.6 is 0 Å². The van der Waals surface area contributed by atoms with Crippen molar-refractivity contribution in [2.45, 2.75) is 43.2 Å². The second-order valence-electron chi connectivity index (χ2n) is 11.7. The first-order valence-corrected chi connectivity index (χ1v) is 14.8. The fourth-order valence-electron chi connectivity index (χ4n) is 7.44. The molecule has 4 aromatic carbocycles. The smallest absolute Gasteiger partial charge is 0.250 e. The summed E-state index contributed by atoms with van der Waals surface area (Å²) in [4.78, 5) is 43.9. The van der Waals surface area contributed by atoms with Crippen molar-refractivity contribution in [1.82, 2.24) is 10.2 Å². The molecule has 8 heteroatoms. The van der Waals surface area contributed by atoms with Crippen LogP contribution in [0.4, 0.5) is 5.69 Å². The Morgan fingerprint density at radius 3 is 2.35 bits per heavy atom. The van der Waals surface area contributed by atoms with Crippen LogP contribution in [0.15, 0.2) is 103 Å². The highest BCUT2D eigenvalue weighted by Gasteiger charge is 2.75. The Kier molecular flexibility index (Phi) is 6.95. The summed E-state index contributed by atoms with van der Waals surface area (Å²) in [5.74, 6) is -2.58. The first-order valence-electron chi connectivity index (χ1n) is 14.8. The summed E-state index contributed by atoms with van der Waals surface area (Å²) in [6.07, 6.45) is 0.568. The molecule has 2 unspecified atom stereocenters. The second kappa shape index (κ2) is 10.9. The lowest BCUT2D eigenvalue weighted by Crippen LogP contribution is -2.54. The van der Waals surface area contributed by atoms with Gasteiger partial charge in [0.15, 0.2) is 0 Å². The number of hydrogen-bond donors (Lipinski definition) is 3. The molecule has 3 heterocycles. The lowest BCUT2D eigenvalue weighted by atomic mass is 9.70. The average Bonchev–Trinajstić information content (AvgIpc) is 3.69. The zero-order valence-electron chi connectivity index (χ0n) is 23.6. The molecule has 3 aliphatic heterocycles. The zero-order chi connectivity index (χ0) is 29.6. The zero-order valence-corrected chi connectivity index (χ0v) is 23.6. The molecule has 7 rings (SSSR count). The number of likely N-dealkylation sites (tertiary alicyclic amines) is 1. The van der Waals surface area contributed by atoms with Gasteiger partial charge in [-0.15, -0.1) is 0 Å². The minimum atomic E-state index is -1.18. The Balaban J connectivity index is 1.24. The van der Waals surface area contributed by atoms with E-state index in [2.05, 4.69) is 10.6 Å². The summed E-state index contributed by atoms with van der Waals surface area (Å²) in [7, 11) is 0. The molecule has 43 heavy (non-hydrogen) atoms. The van der Waals surface area contributed by atoms with E-state index in [1.807, 2.05) is 103 Å². The highest BCUT2D eigenvalue weighted by atomic mass is 16.5. The normalized spacial score (nSPS) is 26.3. The Labute approximate surface area is 249 Å². The Hall–Kier alpha value is -4.53. The predicted molar refractivity (Wildman–Crippen MR) is 162 cm³/mol. The van der Waals surface area contributed by atoms with Crippen LogP contribution < -0.4 is 10.6 Å². The third kappa shape index (κ3) is 4.58. The molecule has 6 atom stereocenters. The quantitative estimate of drug-likeness (QED) is 0.292. The maximum atomic E-state index is 14.5. The van der Waals surface area contributed by atoms with E-state index in [4.69, 9.17) is 4.74 Å². The van der Waals surface area contributed by atoms with E-state index in [9.17, 15) is 19.5 Å². The molecule has 3 N–H and O–H groups in total. The molecule has 3 saturated heterocycles. The molecule has 0 aromatic heterocycles. The van der Waals surface area contributed by atoms with E-state index in [-0.39, 0.29) is 18.4 Å². The lowest BCUT2D eigenvalue weighted by molar-refractivity contribution is -0.144. The lowest BCUT2D eigenvalue weighted by Gasteiger charge is -2.36. The largest absolute Gasteiger partial charge is 0.394 e. The number of rotatable bonds is 8. The third-order valence-electron chi connectivity index (χ3n) is 9.31. The molecule has 3 amide bonds. The number of benzene rings is 4. The van der Waals surface area contributed by atoms with E-state index in [1.165, 1.54) is 4.90 Å². The standard InChI is InChI=1S/C35H33N3O5/c39-21-27(24-12-5-2-6-13-24)38-31(33(41)37-26-16-15-23-11-7-8-14-25(23)19-26)35-18-17-28(43-35)29(30(35)34(38)42)32(40)36-20-22-9-3-1-4-10-22/h1-16,19,27-31,39H,17-18,20-21H2,(H,36,40)(H,37,41)/t27-,28+,29-,30+,31?,35?/m1/s1. The minimum absolute atomic E-state index is 0.260. The first kappa shape index (κ1) is 27.3. The van der Waals surface area contributed by atoms with Gasteiger partial charge in [-0.3, -0.25) is 14.4 Å². The molecular weight excluding hydrogens is 542 g/mol. The molecule has 0 aliphatic carbocycles. The van der Waals surface area contributed by atoms with E-state index in [1.54, 1.807) is 0 Å². The van der Waals surface area contributed by atoms with Crippen LogP contribution in [0.5, 0.6) is 0 Å². The van der Waals surface area contributed by atoms with Gasteiger partial charge in [0, 0.05) is 12.2 Å². The van der Waals surface area contributed by atoms with E-state index < -0.39 is 41.5 Å². The highest BCUT2D eigenvalue weighted by molar-refractivity contribution is 6.04. The molecule has 3 aliphatic rings. The fraction of sp³-hybridized carbons (Fsp3) is 0.286. The van der Waals surface area contributed by atoms with Gasteiger partial charge < -0.3 is 25.4 Å². The summed E-state index contributed by atoms with van der Waals surface area (Å²) in [5, 5.41) is 18.7. The van der Waals surface area contributed by atoms with E-state index in [0.717, 1.165) is 16.3 Å². The van der Waals surface area contributed by atoms with Crippen LogP contribution in [0.2, 0.25) is 0 Å². The van der Waals surface area contributed by atoms with Crippen LogP contribution in [0.25, 0.3) is 10.8 Å². The summed E-state index contributed by atoms with van der Waals surface area (Å²) in [6, 6.07) is 30.5. The minimum Gasteiger partial charge on any atom is -0.394 e. The van der Waals surface area contributed by atoms with Gasteiger partial charge in [-0.1, -0.05) is 91.0 Å². The molecule has 3 fully saturated rings. The number of ether oxygens (including phenoxy) is 1. The van der Waals surface area contributed by atoms with Gasteiger partial charge in [0.05, 0.1) is 30.6 Å². The van der Waals surface area contributed by atoms with Crippen LogP contribution in [-0.2, 0) is 25.7 Å². The van der Waals surface area contributed by atoms with Gasteiger partial charge in [-0.05, 0) is 46.9 Å². The fourth-order valence-corrected chi connectivity index (χ4v) is 7.44.